The average molecular weight is 306 g/mol. The number of aromatic nitrogens is 1. The van der Waals surface area contributed by atoms with E-state index in [1.54, 1.807) is 12.1 Å². The maximum Gasteiger partial charge on any atom is 0.432 e. The van der Waals surface area contributed by atoms with E-state index in [0.29, 0.717) is 10.9 Å². The van der Waals surface area contributed by atoms with Crippen LogP contribution in [0.25, 0.3) is 10.9 Å². The smallest absolute Gasteiger partial charge is 0.339 e. The van der Waals surface area contributed by atoms with Crippen LogP contribution in [0.2, 0.25) is 0 Å². The lowest BCUT2D eigenvalue weighted by atomic mass is 10.1. The second-order valence-corrected chi connectivity index (χ2v) is 4.72. The second-order valence-electron chi connectivity index (χ2n) is 3.92. The number of fused-ring (bicyclic) bond motifs is 1. The minimum atomic E-state index is -4.35. The molecule has 0 aliphatic carbocycles. The topological polar surface area (TPSA) is 4.93 Å². The van der Waals surface area contributed by atoms with Crippen LogP contribution in [0.4, 0.5) is 13.2 Å². The zero-order chi connectivity index (χ0) is 12.8. The van der Waals surface area contributed by atoms with Gasteiger partial charge in [0, 0.05) is 18.0 Å². The van der Waals surface area contributed by atoms with Crippen molar-refractivity contribution in [2.45, 2.75) is 19.5 Å². The Balaban J connectivity index is 2.81. The Bertz CT molecular complexity index is 569. The van der Waals surface area contributed by atoms with Crippen LogP contribution in [-0.4, -0.2) is 4.57 Å². The maximum absolute atomic E-state index is 12.9. The molecule has 0 spiro atoms. The molecule has 0 fully saturated rings. The Morgan fingerprint density at radius 1 is 1.29 bits per heavy atom. The third-order valence-corrected chi connectivity index (χ3v) is 3.68. The van der Waals surface area contributed by atoms with Gasteiger partial charge in [-0.2, -0.15) is 13.2 Å². The standard InChI is InChI=1S/C12H11BrF3N/c1-3-7-4-5-9-8(6-7)10(13)11(17(9)2)12(14,15)16/h4-6H,3H2,1-2H3. The highest BCUT2D eigenvalue weighted by Crippen LogP contribution is 2.40. The lowest BCUT2D eigenvalue weighted by Gasteiger charge is -2.08. The normalized spacial score (nSPS) is 12.4. The summed E-state index contributed by atoms with van der Waals surface area (Å²) in [5.74, 6) is 0. The monoisotopic (exact) mass is 305 g/mol. The lowest BCUT2D eigenvalue weighted by Crippen LogP contribution is -2.11. The van der Waals surface area contributed by atoms with Crippen molar-refractivity contribution in [1.82, 2.24) is 4.57 Å². The fourth-order valence-electron chi connectivity index (χ4n) is 1.98. The lowest BCUT2D eigenvalue weighted by molar-refractivity contribution is -0.143. The molecule has 2 aromatic rings. The van der Waals surface area contributed by atoms with E-state index in [2.05, 4.69) is 15.9 Å². The molecule has 0 unspecified atom stereocenters. The third-order valence-electron chi connectivity index (χ3n) is 2.88. The molecule has 0 saturated heterocycles. The molecule has 1 aromatic heterocycles. The Kier molecular flexibility index (Phi) is 2.97. The van der Waals surface area contributed by atoms with Crippen molar-refractivity contribution in [1.29, 1.82) is 0 Å². The Morgan fingerprint density at radius 3 is 2.47 bits per heavy atom. The summed E-state index contributed by atoms with van der Waals surface area (Å²) in [6.45, 7) is 1.97. The van der Waals surface area contributed by atoms with Crippen molar-refractivity contribution in [2.24, 2.45) is 7.05 Å². The summed E-state index contributed by atoms with van der Waals surface area (Å²) in [5, 5.41) is 0.610. The predicted molar refractivity (Wildman–Crippen MR) is 65.0 cm³/mol. The molecule has 0 bridgehead atoms. The number of aryl methyl sites for hydroxylation is 2. The fourth-order valence-corrected chi connectivity index (χ4v) is 2.79. The van der Waals surface area contributed by atoms with Crippen LogP contribution in [0.5, 0.6) is 0 Å². The summed E-state index contributed by atoms with van der Waals surface area (Å²) in [4.78, 5) is 0. The van der Waals surface area contributed by atoms with E-state index in [9.17, 15) is 13.2 Å². The van der Waals surface area contributed by atoms with Crippen molar-refractivity contribution in [3.05, 3.63) is 33.9 Å². The molecule has 0 amide bonds. The molecule has 0 aliphatic heterocycles. The highest BCUT2D eigenvalue weighted by atomic mass is 79.9. The van der Waals surface area contributed by atoms with Gasteiger partial charge in [0.1, 0.15) is 5.69 Å². The van der Waals surface area contributed by atoms with Gasteiger partial charge >= 0.3 is 6.18 Å². The van der Waals surface area contributed by atoms with E-state index in [1.165, 1.54) is 11.6 Å². The zero-order valence-electron chi connectivity index (χ0n) is 9.40. The summed E-state index contributed by atoms with van der Waals surface area (Å²) in [5.41, 5.74) is 0.972. The summed E-state index contributed by atoms with van der Waals surface area (Å²) in [6, 6.07) is 5.39. The number of halogens is 4. The van der Waals surface area contributed by atoms with Gasteiger partial charge in [0.25, 0.3) is 0 Å². The molecule has 0 atom stereocenters. The Labute approximate surface area is 105 Å². The first kappa shape index (κ1) is 12.5. The zero-order valence-corrected chi connectivity index (χ0v) is 11.0. The molecule has 1 aromatic carbocycles. The number of hydrogen-bond donors (Lipinski definition) is 0. The largest absolute Gasteiger partial charge is 0.432 e. The van der Waals surface area contributed by atoms with Gasteiger partial charge in [-0.25, -0.2) is 0 Å². The predicted octanol–water partition coefficient (Wildman–Crippen LogP) is 4.52. The molecular formula is C12H11BrF3N. The van der Waals surface area contributed by atoms with E-state index in [0.717, 1.165) is 12.0 Å². The van der Waals surface area contributed by atoms with Gasteiger partial charge in [-0.3, -0.25) is 0 Å². The number of hydrogen-bond acceptors (Lipinski definition) is 0. The van der Waals surface area contributed by atoms with E-state index < -0.39 is 11.9 Å². The first-order chi connectivity index (χ1) is 7.86. The van der Waals surface area contributed by atoms with Crippen molar-refractivity contribution >= 4 is 26.8 Å². The number of alkyl halides is 3. The second kappa shape index (κ2) is 4.05. The van der Waals surface area contributed by atoms with Crippen molar-refractivity contribution in [2.75, 3.05) is 0 Å². The summed E-state index contributed by atoms with van der Waals surface area (Å²) in [6.07, 6.45) is -3.54. The first-order valence-corrected chi connectivity index (χ1v) is 5.99. The fraction of sp³-hybridized carbons (Fsp3) is 0.333. The number of rotatable bonds is 1. The molecule has 2 rings (SSSR count). The van der Waals surface area contributed by atoms with Crippen molar-refractivity contribution in [3.8, 4) is 0 Å². The van der Waals surface area contributed by atoms with Crippen LogP contribution in [0.15, 0.2) is 22.7 Å². The van der Waals surface area contributed by atoms with E-state index in [4.69, 9.17) is 0 Å². The molecule has 1 heterocycles. The van der Waals surface area contributed by atoms with Crippen LogP contribution in [0.1, 0.15) is 18.2 Å². The van der Waals surface area contributed by atoms with Gasteiger partial charge in [-0.05, 0) is 40.0 Å². The molecule has 5 heteroatoms. The third kappa shape index (κ3) is 1.97. The van der Waals surface area contributed by atoms with Crippen LogP contribution in [0.3, 0.4) is 0 Å². The average Bonchev–Trinajstić information content (AvgIpc) is 2.50. The minimum Gasteiger partial charge on any atom is -0.339 e. The van der Waals surface area contributed by atoms with Gasteiger partial charge in [0.15, 0.2) is 0 Å². The molecule has 0 aliphatic rings. The van der Waals surface area contributed by atoms with Gasteiger partial charge in [0.2, 0.25) is 0 Å². The molecule has 0 radical (unpaired) electrons. The minimum absolute atomic E-state index is 0.123. The van der Waals surface area contributed by atoms with Gasteiger partial charge in [-0.1, -0.05) is 13.0 Å². The summed E-state index contributed by atoms with van der Waals surface area (Å²) < 4.78 is 39.9. The van der Waals surface area contributed by atoms with Crippen LogP contribution in [0, 0.1) is 0 Å². The highest BCUT2D eigenvalue weighted by molar-refractivity contribution is 9.10. The Morgan fingerprint density at radius 2 is 1.94 bits per heavy atom. The summed E-state index contributed by atoms with van der Waals surface area (Å²) in [7, 11) is 1.43. The van der Waals surface area contributed by atoms with Crippen molar-refractivity contribution in [3.63, 3.8) is 0 Å². The molecule has 92 valence electrons. The quantitative estimate of drug-likeness (QED) is 0.730. The molecular weight excluding hydrogens is 295 g/mol. The number of benzene rings is 1. The molecule has 1 nitrogen and oxygen atoms in total. The highest BCUT2D eigenvalue weighted by Gasteiger charge is 2.37. The SMILES string of the molecule is CCc1ccc2c(c1)c(Br)c(C(F)(F)F)n2C. The molecule has 0 N–H and O–H groups in total. The van der Waals surface area contributed by atoms with Crippen LogP contribution < -0.4 is 0 Å². The Hall–Kier alpha value is -0.970. The number of nitrogens with zero attached hydrogens (tertiary/aromatic N) is 1. The maximum atomic E-state index is 12.9. The van der Waals surface area contributed by atoms with Gasteiger partial charge < -0.3 is 4.57 Å². The van der Waals surface area contributed by atoms with Crippen LogP contribution >= 0.6 is 15.9 Å². The van der Waals surface area contributed by atoms with Crippen molar-refractivity contribution < 1.29 is 13.2 Å². The van der Waals surface area contributed by atoms with E-state index in [1.807, 2.05) is 13.0 Å². The van der Waals surface area contributed by atoms with Gasteiger partial charge in [-0.15, -0.1) is 0 Å². The van der Waals surface area contributed by atoms with Gasteiger partial charge in [0.05, 0.1) is 4.47 Å². The van der Waals surface area contributed by atoms with Crippen LogP contribution in [-0.2, 0) is 19.6 Å². The molecule has 17 heavy (non-hydrogen) atoms. The van der Waals surface area contributed by atoms with E-state index >= 15 is 0 Å². The summed E-state index contributed by atoms with van der Waals surface area (Å²) >= 11 is 3.06. The first-order valence-electron chi connectivity index (χ1n) is 5.20. The van der Waals surface area contributed by atoms with E-state index in [-0.39, 0.29) is 4.47 Å². The molecule has 0 saturated carbocycles.